The lowest BCUT2D eigenvalue weighted by Crippen LogP contribution is -2.14. The lowest BCUT2D eigenvalue weighted by molar-refractivity contribution is 0.619. The number of anilines is 1. The molecule has 3 aromatic rings. The van der Waals surface area contributed by atoms with E-state index in [0.717, 1.165) is 11.3 Å². The van der Waals surface area contributed by atoms with Crippen LogP contribution in [0, 0.1) is 25.2 Å². The molecule has 0 unspecified atom stereocenters. The predicted molar refractivity (Wildman–Crippen MR) is 97.8 cm³/mol. The molecule has 0 atom stereocenters. The van der Waals surface area contributed by atoms with Crippen LogP contribution in [0.25, 0.3) is 0 Å². The van der Waals surface area contributed by atoms with E-state index in [2.05, 4.69) is 59.2 Å². The van der Waals surface area contributed by atoms with Gasteiger partial charge in [0.05, 0.1) is 5.56 Å². The Balaban J connectivity index is 2.08. The number of nitriles is 1. The first-order chi connectivity index (χ1) is 11.6. The molecule has 0 bridgehead atoms. The third kappa shape index (κ3) is 2.79. The summed E-state index contributed by atoms with van der Waals surface area (Å²) < 4.78 is 2.07. The van der Waals surface area contributed by atoms with Crippen LogP contribution in [-0.2, 0) is 6.54 Å². The van der Waals surface area contributed by atoms with Gasteiger partial charge in [-0.3, -0.25) is 0 Å². The van der Waals surface area contributed by atoms with Crippen molar-refractivity contribution in [1.29, 1.82) is 5.26 Å². The van der Waals surface area contributed by atoms with E-state index in [4.69, 9.17) is 5.73 Å². The maximum atomic E-state index is 9.36. The lowest BCUT2D eigenvalue weighted by atomic mass is 9.91. The maximum Gasteiger partial charge on any atom is 0.122 e. The molecule has 3 nitrogen and oxygen atoms in total. The van der Waals surface area contributed by atoms with E-state index < -0.39 is 0 Å². The Hall–Kier alpha value is -2.99. The molecule has 2 aromatic carbocycles. The summed E-state index contributed by atoms with van der Waals surface area (Å²) in [5.74, 6) is 0.746. The summed E-state index contributed by atoms with van der Waals surface area (Å²) in [5, 5.41) is 9.36. The average molecular weight is 315 g/mol. The van der Waals surface area contributed by atoms with Gasteiger partial charge in [0.25, 0.3) is 0 Å². The minimum atomic E-state index is 0.187. The van der Waals surface area contributed by atoms with Gasteiger partial charge >= 0.3 is 0 Å². The first-order valence-electron chi connectivity index (χ1n) is 8.08. The van der Waals surface area contributed by atoms with Gasteiger partial charge in [0.15, 0.2) is 0 Å². The van der Waals surface area contributed by atoms with Gasteiger partial charge in [-0.15, -0.1) is 0 Å². The molecule has 0 aliphatic rings. The van der Waals surface area contributed by atoms with E-state index in [9.17, 15) is 5.26 Å². The van der Waals surface area contributed by atoms with Crippen molar-refractivity contribution in [2.75, 3.05) is 5.73 Å². The van der Waals surface area contributed by atoms with Gasteiger partial charge in [-0.1, -0.05) is 60.7 Å². The normalized spacial score (nSPS) is 10.8. The van der Waals surface area contributed by atoms with Crippen LogP contribution in [0.5, 0.6) is 0 Å². The molecule has 3 rings (SSSR count). The van der Waals surface area contributed by atoms with Crippen molar-refractivity contribution in [2.45, 2.75) is 26.3 Å². The van der Waals surface area contributed by atoms with Crippen LogP contribution < -0.4 is 5.73 Å². The summed E-state index contributed by atoms with van der Waals surface area (Å²) >= 11 is 0. The zero-order valence-corrected chi connectivity index (χ0v) is 14.0. The van der Waals surface area contributed by atoms with Gasteiger partial charge in [0, 0.05) is 18.2 Å². The molecular weight excluding hydrogens is 294 g/mol. The highest BCUT2D eigenvalue weighted by Gasteiger charge is 2.20. The van der Waals surface area contributed by atoms with Gasteiger partial charge in [-0.05, 0) is 30.5 Å². The quantitative estimate of drug-likeness (QED) is 0.776. The first kappa shape index (κ1) is 15.9. The molecule has 0 saturated carbocycles. The number of nitrogen functional groups attached to an aromatic ring is 1. The number of nitrogens with zero attached hydrogens (tertiary/aromatic N) is 2. The molecule has 0 saturated heterocycles. The van der Waals surface area contributed by atoms with Crippen molar-refractivity contribution in [3.63, 3.8) is 0 Å². The molecule has 0 radical (unpaired) electrons. The van der Waals surface area contributed by atoms with Crippen LogP contribution in [0.3, 0.4) is 0 Å². The standard InChI is InChI=1S/C21H21N3/c1-15-16(2)24(21(23)19(15)13-22)14-20(17-9-5-3-6-10-17)18-11-7-4-8-12-18/h3-12,20H,14,23H2,1-2H3. The van der Waals surface area contributed by atoms with Crippen molar-refractivity contribution in [1.82, 2.24) is 4.57 Å². The van der Waals surface area contributed by atoms with Gasteiger partial charge in [0.2, 0.25) is 0 Å². The van der Waals surface area contributed by atoms with E-state index in [-0.39, 0.29) is 5.92 Å². The van der Waals surface area contributed by atoms with Gasteiger partial charge in [-0.25, -0.2) is 0 Å². The van der Waals surface area contributed by atoms with E-state index in [1.807, 2.05) is 26.0 Å². The highest BCUT2D eigenvalue weighted by molar-refractivity contribution is 5.58. The average Bonchev–Trinajstić information content (AvgIpc) is 2.83. The third-order valence-corrected chi connectivity index (χ3v) is 4.75. The number of aromatic nitrogens is 1. The number of rotatable bonds is 4. The van der Waals surface area contributed by atoms with Crippen LogP contribution in [0.4, 0.5) is 5.82 Å². The van der Waals surface area contributed by atoms with Crippen molar-refractivity contribution in [2.24, 2.45) is 0 Å². The Kier molecular flexibility index (Phi) is 4.39. The molecule has 1 heterocycles. The van der Waals surface area contributed by atoms with Crippen molar-refractivity contribution >= 4 is 5.82 Å². The minimum Gasteiger partial charge on any atom is -0.384 e. The minimum absolute atomic E-state index is 0.187. The number of nitrogens with two attached hydrogens (primary N) is 1. The molecule has 0 amide bonds. The zero-order chi connectivity index (χ0) is 17.1. The summed E-state index contributed by atoms with van der Waals surface area (Å²) in [6, 6.07) is 23.1. The van der Waals surface area contributed by atoms with Crippen molar-refractivity contribution in [3.05, 3.63) is 88.6 Å². The van der Waals surface area contributed by atoms with Gasteiger partial charge < -0.3 is 10.3 Å². The second-order valence-corrected chi connectivity index (χ2v) is 6.07. The van der Waals surface area contributed by atoms with Crippen molar-refractivity contribution in [3.8, 4) is 6.07 Å². The van der Waals surface area contributed by atoms with Gasteiger partial charge in [0.1, 0.15) is 11.9 Å². The fourth-order valence-corrected chi connectivity index (χ4v) is 3.22. The summed E-state index contributed by atoms with van der Waals surface area (Å²) in [5.41, 5.74) is 11.4. The van der Waals surface area contributed by atoms with Crippen LogP contribution >= 0.6 is 0 Å². The van der Waals surface area contributed by atoms with Crippen LogP contribution in [-0.4, -0.2) is 4.57 Å². The Morgan fingerprint density at radius 3 is 1.88 bits per heavy atom. The summed E-state index contributed by atoms with van der Waals surface area (Å²) in [7, 11) is 0. The Morgan fingerprint density at radius 2 is 1.46 bits per heavy atom. The number of benzene rings is 2. The maximum absolute atomic E-state index is 9.36. The Morgan fingerprint density at radius 1 is 0.958 bits per heavy atom. The first-order valence-corrected chi connectivity index (χ1v) is 8.08. The molecular formula is C21H21N3. The highest BCUT2D eigenvalue weighted by Crippen LogP contribution is 2.31. The highest BCUT2D eigenvalue weighted by atomic mass is 15.1. The predicted octanol–water partition coefficient (Wildman–Crippen LogP) is 4.39. The fourth-order valence-electron chi connectivity index (χ4n) is 3.22. The SMILES string of the molecule is Cc1c(C#N)c(N)n(CC(c2ccccc2)c2ccccc2)c1C. The van der Waals surface area contributed by atoms with Gasteiger partial charge in [-0.2, -0.15) is 5.26 Å². The molecule has 0 fully saturated rings. The van der Waals surface area contributed by atoms with Crippen molar-refractivity contribution < 1.29 is 0 Å². The third-order valence-electron chi connectivity index (χ3n) is 4.75. The molecule has 1 aromatic heterocycles. The monoisotopic (exact) mass is 315 g/mol. The van der Waals surface area contributed by atoms with E-state index in [1.165, 1.54) is 11.1 Å². The second-order valence-electron chi connectivity index (χ2n) is 6.07. The Labute approximate surface area is 143 Å². The number of hydrogen-bond acceptors (Lipinski definition) is 2. The molecule has 0 spiro atoms. The number of hydrogen-bond donors (Lipinski definition) is 1. The largest absolute Gasteiger partial charge is 0.384 e. The van der Waals surface area contributed by atoms with Crippen LogP contribution in [0.15, 0.2) is 60.7 Å². The van der Waals surface area contributed by atoms with Crippen LogP contribution in [0.1, 0.15) is 33.9 Å². The molecule has 120 valence electrons. The smallest absolute Gasteiger partial charge is 0.122 e. The van der Waals surface area contributed by atoms with E-state index in [1.54, 1.807) is 0 Å². The summed E-state index contributed by atoms with van der Waals surface area (Å²) in [6.45, 7) is 4.70. The summed E-state index contributed by atoms with van der Waals surface area (Å²) in [4.78, 5) is 0. The van der Waals surface area contributed by atoms with E-state index >= 15 is 0 Å². The fraction of sp³-hybridized carbons (Fsp3) is 0.190. The molecule has 0 aliphatic heterocycles. The van der Waals surface area contributed by atoms with Crippen LogP contribution in [0.2, 0.25) is 0 Å². The molecule has 24 heavy (non-hydrogen) atoms. The molecule has 2 N–H and O–H groups in total. The zero-order valence-electron chi connectivity index (χ0n) is 14.0. The Bertz CT molecular complexity index is 831. The summed E-state index contributed by atoms with van der Waals surface area (Å²) in [6.07, 6.45) is 0. The van der Waals surface area contributed by atoms with E-state index in [0.29, 0.717) is 17.9 Å². The molecule has 3 heteroatoms. The second kappa shape index (κ2) is 6.64. The molecule has 0 aliphatic carbocycles. The topological polar surface area (TPSA) is 54.7 Å². The lowest BCUT2D eigenvalue weighted by Gasteiger charge is -2.21.